The Balaban J connectivity index is 1.79. The van der Waals surface area contributed by atoms with Crippen molar-refractivity contribution < 1.29 is 54.5 Å². The molecule has 3 N–H and O–H groups in total. The topological polar surface area (TPSA) is 202 Å². The Bertz CT molecular complexity index is 2060. The van der Waals surface area contributed by atoms with Crippen LogP contribution >= 0.6 is 12.9 Å². The van der Waals surface area contributed by atoms with E-state index < -0.39 is 43.1 Å². The first kappa shape index (κ1) is 32.8. The molecular formula is C28H28N2O12S3. The summed E-state index contributed by atoms with van der Waals surface area (Å²) in [5.74, 6) is -1.52. The minimum atomic E-state index is -4.70. The molecule has 1 unspecified atom stereocenters. The Kier molecular flexibility index (Phi) is 9.25. The lowest BCUT2D eigenvalue weighted by Crippen LogP contribution is -2.49. The van der Waals surface area contributed by atoms with Crippen LogP contribution in [0.25, 0.3) is 33.4 Å². The van der Waals surface area contributed by atoms with Crippen LogP contribution < -0.4 is 10.3 Å². The van der Waals surface area contributed by atoms with Crippen molar-refractivity contribution >= 4 is 55.8 Å². The first-order chi connectivity index (χ1) is 21.2. The number of carboxylic acids is 1. The number of rotatable bonds is 11. The van der Waals surface area contributed by atoms with Crippen molar-refractivity contribution in [1.29, 1.82) is 0 Å². The fourth-order valence-corrected chi connectivity index (χ4v) is 6.31. The van der Waals surface area contributed by atoms with Gasteiger partial charge in [-0.3, -0.25) is 14.1 Å². The number of aromatic carboxylic acids is 1. The Morgan fingerprint density at radius 1 is 1.07 bits per heavy atom. The van der Waals surface area contributed by atoms with Gasteiger partial charge in [-0.15, -0.1) is 4.33 Å². The fraction of sp³-hybridized carbons (Fsp3) is 0.286. The highest BCUT2D eigenvalue weighted by atomic mass is 32.2. The van der Waals surface area contributed by atoms with E-state index in [1.807, 2.05) is 11.8 Å². The van der Waals surface area contributed by atoms with Gasteiger partial charge in [0.2, 0.25) is 0 Å². The van der Waals surface area contributed by atoms with Crippen LogP contribution in [0.5, 0.6) is 0 Å². The lowest BCUT2D eigenvalue weighted by Gasteiger charge is -2.41. The average molecular weight is 681 g/mol. The van der Waals surface area contributed by atoms with Crippen LogP contribution in [0.4, 0.5) is 5.69 Å². The number of hydrogen-bond acceptors (Lipinski definition) is 12. The fourth-order valence-electron chi connectivity index (χ4n) is 5.27. The van der Waals surface area contributed by atoms with Gasteiger partial charge in [-0.1, -0.05) is 5.04 Å². The third kappa shape index (κ3) is 7.00. The molecule has 17 heteroatoms. The smallest absolute Gasteiger partial charge is 0.336 e. The molecule has 1 aliphatic carbocycles. The normalized spacial score (nSPS) is 16.0. The van der Waals surface area contributed by atoms with Crippen molar-refractivity contribution in [2.24, 2.45) is 4.99 Å². The number of anilines is 1. The van der Waals surface area contributed by atoms with Crippen LogP contribution in [0.1, 0.15) is 34.3 Å². The molecular weight excluding hydrogens is 653 g/mol. The van der Waals surface area contributed by atoms with Crippen LogP contribution in [0, 0.1) is 13.8 Å². The molecule has 2 aromatic carbocycles. The van der Waals surface area contributed by atoms with Crippen molar-refractivity contribution in [1.82, 2.24) is 0 Å². The zero-order chi connectivity index (χ0) is 32.7. The molecule has 1 atom stereocenters. The zero-order valence-electron chi connectivity index (χ0n) is 23.8. The van der Waals surface area contributed by atoms with E-state index in [4.69, 9.17) is 13.9 Å². The lowest BCUT2D eigenvalue weighted by atomic mass is 9.89. The maximum atomic E-state index is 12.4. The van der Waals surface area contributed by atoms with Gasteiger partial charge in [0.25, 0.3) is 20.2 Å². The lowest BCUT2D eigenvalue weighted by molar-refractivity contribution is -0.480. The largest absolute Gasteiger partial charge is 0.478 e. The molecule has 0 amide bonds. The van der Waals surface area contributed by atoms with E-state index in [1.54, 1.807) is 31.2 Å². The summed E-state index contributed by atoms with van der Waals surface area (Å²) >= 11 is 3.50. The molecule has 14 nitrogen and oxygen atoms in total. The number of thiol groups is 1. The third-order valence-corrected chi connectivity index (χ3v) is 9.16. The summed E-state index contributed by atoms with van der Waals surface area (Å²) in [4.78, 5) is 23.4. The molecule has 45 heavy (non-hydrogen) atoms. The molecule has 1 fully saturated rings. The minimum absolute atomic E-state index is 0.0253. The molecule has 3 aliphatic rings. The summed E-state index contributed by atoms with van der Waals surface area (Å²) in [5, 5.41) is 15.5. The molecule has 0 bridgehead atoms. The SMILES string of the molecule is Cc1cc2c(-c3cc(S(=O)(=O)O)ccc3C(=O)O)c3cc(C)c(=NCCCS(=O)(=O)O)cc-3oc2cc1N1CCC1OOOS. The van der Waals surface area contributed by atoms with Crippen LogP contribution in [0.2, 0.25) is 0 Å². The van der Waals surface area contributed by atoms with Crippen molar-refractivity contribution in [3.63, 3.8) is 0 Å². The van der Waals surface area contributed by atoms with Crippen LogP contribution in [0.3, 0.4) is 0 Å². The van der Waals surface area contributed by atoms with Gasteiger partial charge in [0.15, 0.2) is 6.23 Å². The molecule has 0 aromatic heterocycles. The van der Waals surface area contributed by atoms with Crippen molar-refractivity contribution in [2.45, 2.75) is 37.8 Å². The van der Waals surface area contributed by atoms with Gasteiger partial charge in [-0.25, -0.2) is 4.79 Å². The maximum Gasteiger partial charge on any atom is 0.336 e. The second-order valence-electron chi connectivity index (χ2n) is 10.4. The van der Waals surface area contributed by atoms with Gasteiger partial charge in [0.05, 0.1) is 21.6 Å². The van der Waals surface area contributed by atoms with E-state index in [-0.39, 0.29) is 29.9 Å². The molecule has 1 saturated heterocycles. The summed E-state index contributed by atoms with van der Waals surface area (Å²) in [6.45, 7) is 4.28. The number of carbonyl (C=O) groups is 1. The second-order valence-corrected chi connectivity index (χ2v) is 13.6. The summed E-state index contributed by atoms with van der Waals surface area (Å²) in [6.07, 6.45) is 0.208. The van der Waals surface area contributed by atoms with Crippen molar-refractivity contribution in [3.8, 4) is 22.5 Å². The van der Waals surface area contributed by atoms with E-state index in [1.165, 1.54) is 0 Å². The molecule has 0 radical (unpaired) electrons. The second kappa shape index (κ2) is 12.7. The molecule has 2 aliphatic heterocycles. The Labute approximate surface area is 263 Å². The van der Waals surface area contributed by atoms with E-state index in [2.05, 4.69) is 27.3 Å². The van der Waals surface area contributed by atoms with Crippen molar-refractivity contribution in [3.05, 3.63) is 64.5 Å². The van der Waals surface area contributed by atoms with Crippen LogP contribution in [0.15, 0.2) is 56.8 Å². The summed E-state index contributed by atoms with van der Waals surface area (Å²) in [6, 6.07) is 10.1. The monoisotopic (exact) mass is 680 g/mol. The molecule has 240 valence electrons. The molecule has 2 heterocycles. The summed E-state index contributed by atoms with van der Waals surface area (Å²) < 4.78 is 75.9. The van der Waals surface area contributed by atoms with Gasteiger partial charge >= 0.3 is 5.97 Å². The van der Waals surface area contributed by atoms with E-state index in [9.17, 15) is 31.3 Å². The maximum absolute atomic E-state index is 12.4. The van der Waals surface area contributed by atoms with E-state index in [0.29, 0.717) is 51.7 Å². The van der Waals surface area contributed by atoms with Gasteiger partial charge in [0.1, 0.15) is 11.3 Å². The van der Waals surface area contributed by atoms with E-state index >= 15 is 0 Å². The number of nitrogens with zero attached hydrogens (tertiary/aromatic N) is 2. The number of carboxylic acid groups (broad SMARTS) is 1. The summed E-state index contributed by atoms with van der Waals surface area (Å²) in [7, 11) is -8.85. The molecule has 5 rings (SSSR count). The third-order valence-electron chi connectivity index (χ3n) is 7.44. The van der Waals surface area contributed by atoms with Gasteiger partial charge in [-0.2, -0.15) is 21.7 Å². The van der Waals surface area contributed by atoms with Gasteiger partial charge < -0.3 is 14.4 Å². The van der Waals surface area contributed by atoms with Crippen molar-refractivity contribution in [2.75, 3.05) is 23.7 Å². The average Bonchev–Trinajstić information content (AvgIpc) is 2.93. The van der Waals surface area contributed by atoms with Crippen LogP contribution in [-0.2, 0) is 34.5 Å². The number of benzene rings is 3. The summed E-state index contributed by atoms with van der Waals surface area (Å²) in [5.41, 5.74) is 2.99. The van der Waals surface area contributed by atoms with E-state index in [0.717, 1.165) is 23.8 Å². The predicted molar refractivity (Wildman–Crippen MR) is 164 cm³/mol. The van der Waals surface area contributed by atoms with Gasteiger partial charge in [0, 0.05) is 66.8 Å². The Hall–Kier alpha value is -3.55. The minimum Gasteiger partial charge on any atom is -0.478 e. The quantitative estimate of drug-likeness (QED) is 0.0334. The highest BCUT2D eigenvalue weighted by Gasteiger charge is 2.33. The molecule has 0 spiro atoms. The first-order valence-corrected chi connectivity index (χ1v) is 16.8. The number of aryl methyl sites for hydroxylation is 2. The Morgan fingerprint density at radius 2 is 1.82 bits per heavy atom. The zero-order valence-corrected chi connectivity index (χ0v) is 26.4. The Morgan fingerprint density at radius 3 is 2.44 bits per heavy atom. The molecule has 0 saturated carbocycles. The van der Waals surface area contributed by atoms with Crippen LogP contribution in [-0.4, -0.2) is 62.1 Å². The standard InChI is InChI=1S/C28H28N2O12S3/c1-15-10-20-24(13-22(15)29-7-3-9-44(33,34)35)39-25-14-23(30-8-6-26(30)40-41-42-43)16(2)11-21(25)27(20)19-12-17(45(36,37)38)4-5-18(19)28(31)32/h4-5,10-14,26,43H,3,6-9H2,1-2H3,(H,31,32)(H,33,34,35)(H,36,37,38). The predicted octanol–water partition coefficient (Wildman–Crippen LogP) is 4.21. The number of fused-ring (bicyclic) bond motifs is 2. The highest BCUT2D eigenvalue weighted by Crippen LogP contribution is 2.44. The highest BCUT2D eigenvalue weighted by molar-refractivity contribution is 7.86. The molecule has 2 aromatic rings. The number of hydrogen-bond donors (Lipinski definition) is 4. The first-order valence-electron chi connectivity index (χ1n) is 13.4. The van der Waals surface area contributed by atoms with Gasteiger partial charge in [-0.05, 0) is 67.3 Å².